The monoisotopic (exact) mass is 263 g/mol. The highest BCUT2D eigenvalue weighted by Crippen LogP contribution is 2.31. The molecule has 0 amide bonds. The topological polar surface area (TPSA) is 50.9 Å². The molecule has 3 rings (SSSR count). The van der Waals surface area contributed by atoms with E-state index in [9.17, 15) is 0 Å². The van der Waals surface area contributed by atoms with Crippen LogP contribution in [-0.2, 0) is 6.42 Å². The summed E-state index contributed by atoms with van der Waals surface area (Å²) in [6.45, 7) is 2.10. The molecule has 20 heavy (non-hydrogen) atoms. The summed E-state index contributed by atoms with van der Waals surface area (Å²) in [5.41, 5.74) is 8.03. The van der Waals surface area contributed by atoms with Crippen LogP contribution in [0.15, 0.2) is 54.6 Å². The van der Waals surface area contributed by atoms with Crippen molar-refractivity contribution in [1.29, 1.82) is 0 Å². The molecule has 0 atom stereocenters. The molecule has 0 aliphatic carbocycles. The molecule has 0 aliphatic rings. The number of hydrazine groups is 1. The van der Waals surface area contributed by atoms with Gasteiger partial charge in [0.05, 0.1) is 11.2 Å². The fourth-order valence-corrected chi connectivity index (χ4v) is 2.45. The average Bonchev–Trinajstić information content (AvgIpc) is 2.54. The van der Waals surface area contributed by atoms with E-state index in [0.717, 1.165) is 34.3 Å². The molecule has 0 spiro atoms. The van der Waals surface area contributed by atoms with Gasteiger partial charge in [0.2, 0.25) is 0 Å². The summed E-state index contributed by atoms with van der Waals surface area (Å²) in [7, 11) is 0. The van der Waals surface area contributed by atoms with E-state index in [1.165, 1.54) is 5.56 Å². The van der Waals surface area contributed by atoms with Crippen molar-refractivity contribution in [2.75, 3.05) is 5.43 Å². The Morgan fingerprint density at radius 2 is 1.85 bits per heavy atom. The fraction of sp³-hybridized carbons (Fsp3) is 0.118. The molecule has 2 aromatic carbocycles. The lowest BCUT2D eigenvalue weighted by Crippen LogP contribution is -2.08. The van der Waals surface area contributed by atoms with Gasteiger partial charge in [-0.25, -0.2) is 0 Å². The predicted molar refractivity (Wildman–Crippen MR) is 84.4 cm³/mol. The molecule has 3 aromatic rings. The van der Waals surface area contributed by atoms with Gasteiger partial charge < -0.3 is 5.43 Å². The maximum Gasteiger partial charge on any atom is 0.0804 e. The first kappa shape index (κ1) is 12.6. The van der Waals surface area contributed by atoms with E-state index in [2.05, 4.69) is 30.5 Å². The smallest absolute Gasteiger partial charge is 0.0804 e. The third-order valence-corrected chi connectivity index (χ3v) is 3.50. The van der Waals surface area contributed by atoms with Crippen molar-refractivity contribution in [2.45, 2.75) is 13.3 Å². The summed E-state index contributed by atoms with van der Waals surface area (Å²) in [6, 6.07) is 18.5. The van der Waals surface area contributed by atoms with Crippen LogP contribution in [0.2, 0.25) is 0 Å². The second-order valence-corrected chi connectivity index (χ2v) is 4.73. The number of anilines is 1. The van der Waals surface area contributed by atoms with E-state index >= 15 is 0 Å². The van der Waals surface area contributed by atoms with E-state index < -0.39 is 0 Å². The number of nitrogens with zero attached hydrogens (tertiary/aromatic N) is 1. The molecular formula is C17H17N3. The minimum absolute atomic E-state index is 0.883. The zero-order valence-electron chi connectivity index (χ0n) is 11.4. The second kappa shape index (κ2) is 5.31. The Balaban J connectivity index is 2.33. The number of hydrogen-bond acceptors (Lipinski definition) is 3. The molecule has 100 valence electrons. The van der Waals surface area contributed by atoms with Crippen LogP contribution in [0.4, 0.5) is 5.69 Å². The molecule has 0 fully saturated rings. The van der Waals surface area contributed by atoms with Crippen LogP contribution < -0.4 is 11.3 Å². The van der Waals surface area contributed by atoms with Crippen LogP contribution in [0.5, 0.6) is 0 Å². The van der Waals surface area contributed by atoms with Crippen LogP contribution in [0.25, 0.3) is 22.0 Å². The third kappa shape index (κ3) is 2.12. The summed E-state index contributed by atoms with van der Waals surface area (Å²) < 4.78 is 0. The van der Waals surface area contributed by atoms with Gasteiger partial charge in [0.15, 0.2) is 0 Å². The van der Waals surface area contributed by atoms with Crippen LogP contribution >= 0.6 is 0 Å². The number of nitrogens with two attached hydrogens (primary N) is 1. The predicted octanol–water partition coefficient (Wildman–Crippen LogP) is 3.75. The van der Waals surface area contributed by atoms with E-state index in [-0.39, 0.29) is 0 Å². The number of aryl methyl sites for hydroxylation is 1. The number of fused-ring (bicyclic) bond motifs is 1. The van der Waals surface area contributed by atoms with Gasteiger partial charge in [-0.05, 0) is 18.1 Å². The van der Waals surface area contributed by atoms with Crippen LogP contribution in [-0.4, -0.2) is 4.98 Å². The Morgan fingerprint density at radius 3 is 2.55 bits per heavy atom. The van der Waals surface area contributed by atoms with Gasteiger partial charge in [0.25, 0.3) is 0 Å². The molecule has 0 unspecified atom stereocenters. The molecule has 0 saturated carbocycles. The molecule has 1 aromatic heterocycles. The molecule has 3 N–H and O–H groups in total. The number of nitrogen functional groups attached to an aromatic ring is 1. The molecular weight excluding hydrogens is 246 g/mol. The molecule has 0 saturated heterocycles. The quantitative estimate of drug-likeness (QED) is 0.559. The lowest BCUT2D eigenvalue weighted by Gasteiger charge is -2.11. The largest absolute Gasteiger partial charge is 0.323 e. The van der Waals surface area contributed by atoms with E-state index in [1.54, 1.807) is 0 Å². The van der Waals surface area contributed by atoms with Gasteiger partial charge in [0.1, 0.15) is 0 Å². The maximum absolute atomic E-state index is 5.65. The highest BCUT2D eigenvalue weighted by atomic mass is 15.2. The molecule has 3 heteroatoms. The first-order valence-electron chi connectivity index (χ1n) is 6.78. The van der Waals surface area contributed by atoms with Crippen LogP contribution in [0, 0.1) is 0 Å². The summed E-state index contributed by atoms with van der Waals surface area (Å²) in [4.78, 5) is 4.78. The Hall–Kier alpha value is -2.39. The van der Waals surface area contributed by atoms with Gasteiger partial charge >= 0.3 is 0 Å². The number of para-hydroxylation sites is 1. The minimum Gasteiger partial charge on any atom is -0.323 e. The summed E-state index contributed by atoms with van der Waals surface area (Å²) in [5, 5.41) is 1.05. The van der Waals surface area contributed by atoms with E-state index in [4.69, 9.17) is 10.8 Å². The van der Waals surface area contributed by atoms with Crippen LogP contribution in [0.3, 0.4) is 0 Å². The standard InChI is InChI=1S/C17H17N3/c1-2-13-11-16(20-18)15-10-6-9-14(17(15)19-13)12-7-4-3-5-8-12/h3-11H,2,18H2,1H3,(H,19,20). The first-order valence-corrected chi connectivity index (χ1v) is 6.78. The third-order valence-electron chi connectivity index (χ3n) is 3.50. The highest BCUT2D eigenvalue weighted by Gasteiger charge is 2.09. The first-order chi connectivity index (χ1) is 9.83. The van der Waals surface area contributed by atoms with Gasteiger partial charge in [0, 0.05) is 16.6 Å². The van der Waals surface area contributed by atoms with Crippen molar-refractivity contribution in [2.24, 2.45) is 5.84 Å². The molecule has 1 heterocycles. The van der Waals surface area contributed by atoms with E-state index in [0.29, 0.717) is 0 Å². The van der Waals surface area contributed by atoms with Crippen molar-refractivity contribution < 1.29 is 0 Å². The lowest BCUT2D eigenvalue weighted by atomic mass is 10.0. The number of aromatic nitrogens is 1. The number of pyridine rings is 1. The van der Waals surface area contributed by atoms with Gasteiger partial charge in [-0.2, -0.15) is 0 Å². The van der Waals surface area contributed by atoms with Crippen molar-refractivity contribution in [3.05, 3.63) is 60.3 Å². The normalized spacial score (nSPS) is 10.7. The average molecular weight is 263 g/mol. The molecule has 0 radical (unpaired) electrons. The van der Waals surface area contributed by atoms with Crippen molar-refractivity contribution >= 4 is 16.6 Å². The molecule has 3 nitrogen and oxygen atoms in total. The fourth-order valence-electron chi connectivity index (χ4n) is 2.45. The minimum atomic E-state index is 0.883. The zero-order valence-corrected chi connectivity index (χ0v) is 11.4. The Morgan fingerprint density at radius 1 is 1.05 bits per heavy atom. The molecule has 0 aliphatic heterocycles. The summed E-state index contributed by atoms with van der Waals surface area (Å²) in [5.74, 6) is 5.65. The Kier molecular flexibility index (Phi) is 3.35. The van der Waals surface area contributed by atoms with Crippen molar-refractivity contribution in [3.63, 3.8) is 0 Å². The summed E-state index contributed by atoms with van der Waals surface area (Å²) in [6.07, 6.45) is 0.883. The number of hydrogen-bond donors (Lipinski definition) is 2. The number of nitrogens with one attached hydrogen (secondary N) is 1. The van der Waals surface area contributed by atoms with Gasteiger partial charge in [-0.3, -0.25) is 10.8 Å². The Labute approximate surface area is 118 Å². The SMILES string of the molecule is CCc1cc(NN)c2cccc(-c3ccccc3)c2n1. The van der Waals surface area contributed by atoms with E-state index in [1.807, 2.05) is 36.4 Å². The zero-order chi connectivity index (χ0) is 13.9. The Bertz CT molecular complexity index is 736. The lowest BCUT2D eigenvalue weighted by molar-refractivity contribution is 1.06. The second-order valence-electron chi connectivity index (χ2n) is 4.73. The van der Waals surface area contributed by atoms with Crippen molar-refractivity contribution in [3.8, 4) is 11.1 Å². The molecule has 0 bridgehead atoms. The highest BCUT2D eigenvalue weighted by molar-refractivity contribution is 6.00. The van der Waals surface area contributed by atoms with Crippen molar-refractivity contribution in [1.82, 2.24) is 4.98 Å². The van der Waals surface area contributed by atoms with Gasteiger partial charge in [-0.1, -0.05) is 55.5 Å². The number of benzene rings is 2. The maximum atomic E-state index is 5.65. The summed E-state index contributed by atoms with van der Waals surface area (Å²) >= 11 is 0. The van der Waals surface area contributed by atoms with Gasteiger partial charge in [-0.15, -0.1) is 0 Å². The van der Waals surface area contributed by atoms with Crippen LogP contribution in [0.1, 0.15) is 12.6 Å². The number of rotatable bonds is 3.